The molecule has 0 aliphatic heterocycles. The fraction of sp³-hybridized carbons (Fsp3) is 0.389. The summed E-state index contributed by atoms with van der Waals surface area (Å²) in [5, 5.41) is 7.23. The number of methoxy groups -OCH3 is 1. The average molecular weight is 327 g/mol. The topological polar surface area (TPSA) is 73.2 Å². The van der Waals surface area contributed by atoms with Crippen molar-refractivity contribution < 1.29 is 9.53 Å². The van der Waals surface area contributed by atoms with E-state index in [0.717, 1.165) is 41.8 Å². The van der Waals surface area contributed by atoms with Crippen LogP contribution in [0.4, 0.5) is 0 Å². The highest BCUT2D eigenvalue weighted by atomic mass is 16.5. The smallest absolute Gasteiger partial charge is 0.267 e. The first kappa shape index (κ1) is 16.2. The largest absolute Gasteiger partial charge is 0.497 e. The van der Waals surface area contributed by atoms with Crippen molar-refractivity contribution in [2.45, 2.75) is 32.2 Å². The van der Waals surface area contributed by atoms with E-state index in [9.17, 15) is 9.59 Å². The molecule has 6 nitrogen and oxygen atoms in total. The van der Waals surface area contributed by atoms with Gasteiger partial charge in [-0.05, 0) is 42.5 Å². The van der Waals surface area contributed by atoms with Gasteiger partial charge in [-0.2, -0.15) is 5.10 Å². The first-order valence-electron chi connectivity index (χ1n) is 8.15. The number of carbonyl (C=O) groups excluding carboxylic acids is 1. The van der Waals surface area contributed by atoms with Crippen molar-refractivity contribution in [3.05, 3.63) is 57.5 Å². The highest BCUT2D eigenvalue weighted by Gasteiger charge is 2.14. The highest BCUT2D eigenvalue weighted by molar-refractivity contribution is 5.78. The van der Waals surface area contributed by atoms with Gasteiger partial charge in [0.1, 0.15) is 5.75 Å². The number of hydrogen-bond donors (Lipinski definition) is 1. The molecule has 1 aromatic carbocycles. The molecule has 3 rings (SSSR count). The maximum atomic E-state index is 12.0. The van der Waals surface area contributed by atoms with E-state index in [1.165, 1.54) is 4.68 Å². The fourth-order valence-corrected chi connectivity index (χ4v) is 2.93. The molecule has 1 amide bonds. The van der Waals surface area contributed by atoms with Crippen molar-refractivity contribution in [1.82, 2.24) is 15.1 Å². The minimum Gasteiger partial charge on any atom is -0.497 e. The van der Waals surface area contributed by atoms with Crippen molar-refractivity contribution in [1.29, 1.82) is 0 Å². The van der Waals surface area contributed by atoms with Crippen molar-refractivity contribution in [2.24, 2.45) is 0 Å². The Labute approximate surface area is 140 Å². The van der Waals surface area contributed by atoms with Gasteiger partial charge >= 0.3 is 0 Å². The van der Waals surface area contributed by atoms with Gasteiger partial charge in [0.25, 0.3) is 5.56 Å². The first-order valence-corrected chi connectivity index (χ1v) is 8.15. The molecular weight excluding hydrogens is 306 g/mol. The quantitative estimate of drug-likeness (QED) is 0.862. The van der Waals surface area contributed by atoms with Gasteiger partial charge in [-0.1, -0.05) is 12.1 Å². The third kappa shape index (κ3) is 3.82. The number of ether oxygens (including phenoxy) is 1. The zero-order chi connectivity index (χ0) is 16.9. The van der Waals surface area contributed by atoms with Gasteiger partial charge in [-0.15, -0.1) is 0 Å². The van der Waals surface area contributed by atoms with Crippen LogP contribution >= 0.6 is 0 Å². The first-order chi connectivity index (χ1) is 11.7. The number of aromatic nitrogens is 2. The van der Waals surface area contributed by atoms with Crippen molar-refractivity contribution >= 4 is 5.91 Å². The second kappa shape index (κ2) is 7.29. The Morgan fingerprint density at radius 2 is 2.21 bits per heavy atom. The number of amides is 1. The summed E-state index contributed by atoms with van der Waals surface area (Å²) in [6, 6.07) is 9.09. The van der Waals surface area contributed by atoms with E-state index in [0.29, 0.717) is 13.1 Å². The molecule has 6 heteroatoms. The number of nitrogens with one attached hydrogen (secondary N) is 1. The van der Waals surface area contributed by atoms with E-state index in [-0.39, 0.29) is 17.9 Å². The lowest BCUT2D eigenvalue weighted by atomic mass is 10.1. The summed E-state index contributed by atoms with van der Waals surface area (Å²) in [6.45, 7) is 0.768. The minimum absolute atomic E-state index is 0.0857. The molecule has 0 spiro atoms. The average Bonchev–Trinajstić information content (AvgIpc) is 3.02. The SMILES string of the molecule is COc1cccc(CC(=O)NCCn2nc3c(cc2=O)CCC3)c1. The second-order valence-corrected chi connectivity index (χ2v) is 5.91. The summed E-state index contributed by atoms with van der Waals surface area (Å²) in [5.74, 6) is 0.645. The summed E-state index contributed by atoms with van der Waals surface area (Å²) in [7, 11) is 1.60. The minimum atomic E-state index is -0.0994. The number of hydrogen-bond acceptors (Lipinski definition) is 4. The normalized spacial score (nSPS) is 12.7. The van der Waals surface area contributed by atoms with Crippen LogP contribution in [0.2, 0.25) is 0 Å². The molecule has 0 fully saturated rings. The van der Waals surface area contributed by atoms with Crippen LogP contribution < -0.4 is 15.6 Å². The number of carbonyl (C=O) groups is 1. The Morgan fingerprint density at radius 3 is 3.04 bits per heavy atom. The second-order valence-electron chi connectivity index (χ2n) is 5.91. The van der Waals surface area contributed by atoms with E-state index >= 15 is 0 Å². The molecule has 0 saturated heterocycles. The number of benzene rings is 1. The van der Waals surface area contributed by atoms with Crippen LogP contribution in [0.5, 0.6) is 5.75 Å². The molecule has 2 aromatic rings. The monoisotopic (exact) mass is 327 g/mol. The third-order valence-corrected chi connectivity index (χ3v) is 4.17. The van der Waals surface area contributed by atoms with E-state index in [4.69, 9.17) is 4.74 Å². The van der Waals surface area contributed by atoms with Gasteiger partial charge in [-0.3, -0.25) is 9.59 Å². The van der Waals surface area contributed by atoms with Gasteiger partial charge in [0.15, 0.2) is 0 Å². The number of aryl methyl sites for hydroxylation is 2. The molecule has 1 aliphatic carbocycles. The molecular formula is C18H21N3O3. The molecule has 0 bridgehead atoms. The van der Waals surface area contributed by atoms with Gasteiger partial charge < -0.3 is 10.1 Å². The maximum Gasteiger partial charge on any atom is 0.267 e. The maximum absolute atomic E-state index is 12.0. The van der Waals surface area contributed by atoms with E-state index in [2.05, 4.69) is 10.4 Å². The Balaban J connectivity index is 1.53. The van der Waals surface area contributed by atoms with E-state index in [1.807, 2.05) is 24.3 Å². The molecule has 1 heterocycles. The van der Waals surface area contributed by atoms with Crippen molar-refractivity contribution in [2.75, 3.05) is 13.7 Å². The molecule has 1 aliphatic rings. The van der Waals surface area contributed by atoms with Crippen molar-refractivity contribution in [3.63, 3.8) is 0 Å². The van der Waals surface area contributed by atoms with Gasteiger partial charge in [-0.25, -0.2) is 4.68 Å². The predicted molar refractivity (Wildman–Crippen MR) is 90.2 cm³/mol. The van der Waals surface area contributed by atoms with Gasteiger partial charge in [0, 0.05) is 12.6 Å². The van der Waals surface area contributed by atoms with Crippen LogP contribution in [-0.2, 0) is 30.6 Å². The zero-order valence-electron chi connectivity index (χ0n) is 13.7. The number of fused-ring (bicyclic) bond motifs is 1. The Morgan fingerprint density at radius 1 is 1.33 bits per heavy atom. The molecule has 1 aromatic heterocycles. The molecule has 1 N–H and O–H groups in total. The van der Waals surface area contributed by atoms with Crippen LogP contribution in [0, 0.1) is 0 Å². The lowest BCUT2D eigenvalue weighted by Crippen LogP contribution is -2.33. The van der Waals surface area contributed by atoms with Crippen LogP contribution in [0.3, 0.4) is 0 Å². The molecule has 0 radical (unpaired) electrons. The Bertz CT molecular complexity index is 798. The lowest BCUT2D eigenvalue weighted by molar-refractivity contribution is -0.120. The van der Waals surface area contributed by atoms with Crippen LogP contribution in [0.25, 0.3) is 0 Å². The highest BCUT2D eigenvalue weighted by Crippen LogP contribution is 2.16. The Hall–Kier alpha value is -2.63. The van der Waals surface area contributed by atoms with E-state index < -0.39 is 0 Å². The molecule has 0 saturated carbocycles. The fourth-order valence-electron chi connectivity index (χ4n) is 2.93. The molecule has 24 heavy (non-hydrogen) atoms. The summed E-state index contributed by atoms with van der Waals surface area (Å²) in [4.78, 5) is 24.0. The van der Waals surface area contributed by atoms with Crippen molar-refractivity contribution in [3.8, 4) is 5.75 Å². The van der Waals surface area contributed by atoms with Crippen LogP contribution in [0.1, 0.15) is 23.2 Å². The number of rotatable bonds is 6. The van der Waals surface area contributed by atoms with Gasteiger partial charge in [0.2, 0.25) is 5.91 Å². The summed E-state index contributed by atoms with van der Waals surface area (Å²) in [6.07, 6.45) is 3.21. The predicted octanol–water partition coefficient (Wildman–Crippen LogP) is 1.10. The number of nitrogens with zero attached hydrogens (tertiary/aromatic N) is 2. The standard InChI is InChI=1S/C18H21N3O3/c1-24-15-6-2-4-13(10-15)11-17(22)19-8-9-21-18(23)12-14-5-3-7-16(14)20-21/h2,4,6,10,12H,3,5,7-9,11H2,1H3,(H,19,22). The van der Waals surface area contributed by atoms with Gasteiger partial charge in [0.05, 0.1) is 25.8 Å². The molecule has 0 atom stereocenters. The molecule has 0 unspecified atom stereocenters. The third-order valence-electron chi connectivity index (χ3n) is 4.17. The lowest BCUT2D eigenvalue weighted by Gasteiger charge is -2.09. The summed E-state index contributed by atoms with van der Waals surface area (Å²) in [5.41, 5.74) is 2.87. The van der Waals surface area contributed by atoms with E-state index in [1.54, 1.807) is 13.2 Å². The molecule has 126 valence electrons. The zero-order valence-corrected chi connectivity index (χ0v) is 13.7. The van der Waals surface area contributed by atoms with Crippen LogP contribution in [-0.4, -0.2) is 29.3 Å². The van der Waals surface area contributed by atoms with Crippen LogP contribution in [0.15, 0.2) is 35.1 Å². The Kier molecular flexibility index (Phi) is 4.93. The summed E-state index contributed by atoms with van der Waals surface area (Å²) >= 11 is 0. The summed E-state index contributed by atoms with van der Waals surface area (Å²) < 4.78 is 6.59.